The fraction of sp³-hybridized carbons (Fsp3) is 1.00. The van der Waals surface area contributed by atoms with Gasteiger partial charge in [0.1, 0.15) is 0 Å². The van der Waals surface area contributed by atoms with E-state index < -0.39 is 0 Å². The highest BCUT2D eigenvalue weighted by atomic mass is 127. The summed E-state index contributed by atoms with van der Waals surface area (Å²) in [5.41, 5.74) is 5.90. The summed E-state index contributed by atoms with van der Waals surface area (Å²) in [7, 11) is 0. The zero-order chi connectivity index (χ0) is 8.27. The number of halogens is 1. The van der Waals surface area contributed by atoms with Crippen molar-refractivity contribution in [2.75, 3.05) is 13.1 Å². The molecule has 2 N–H and O–H groups in total. The van der Waals surface area contributed by atoms with Crippen LogP contribution in [0.3, 0.4) is 0 Å². The van der Waals surface area contributed by atoms with Gasteiger partial charge in [-0.25, -0.2) is 3.11 Å². The van der Waals surface area contributed by atoms with Crippen LogP contribution >= 0.6 is 22.9 Å². The molecule has 0 aromatic rings. The number of hydrogen-bond acceptors (Lipinski definition) is 2. The molecule has 0 spiro atoms. The monoisotopic (exact) mass is 268 g/mol. The smallest absolute Gasteiger partial charge is 0.0233 e. The molecule has 1 aliphatic rings. The Hall–Kier alpha value is 0.650. The van der Waals surface area contributed by atoms with Gasteiger partial charge >= 0.3 is 0 Å². The maximum absolute atomic E-state index is 5.90. The van der Waals surface area contributed by atoms with E-state index >= 15 is 0 Å². The molecule has 0 amide bonds. The largest absolute Gasteiger partial charge is 0.327 e. The fourth-order valence-corrected chi connectivity index (χ4v) is 2.64. The molecule has 0 aromatic carbocycles. The molecule has 3 heteroatoms. The molecule has 1 aliphatic heterocycles. The predicted octanol–water partition coefficient (Wildman–Crippen LogP) is 1.79. The van der Waals surface area contributed by atoms with Crippen LogP contribution in [0.2, 0.25) is 0 Å². The van der Waals surface area contributed by atoms with Gasteiger partial charge in [-0.3, -0.25) is 0 Å². The minimum absolute atomic E-state index is 0.406. The minimum atomic E-state index is 0.406. The molecule has 11 heavy (non-hydrogen) atoms. The Morgan fingerprint density at radius 1 is 1.45 bits per heavy atom. The van der Waals surface area contributed by atoms with Crippen molar-refractivity contribution < 1.29 is 0 Å². The zero-order valence-electron chi connectivity index (χ0n) is 7.09. The molecule has 2 atom stereocenters. The molecule has 0 saturated carbocycles. The van der Waals surface area contributed by atoms with Gasteiger partial charge in [0.25, 0.3) is 0 Å². The molecular formula is C8H17IN2. The van der Waals surface area contributed by atoms with Gasteiger partial charge in [0.2, 0.25) is 0 Å². The van der Waals surface area contributed by atoms with Crippen molar-refractivity contribution in [2.24, 2.45) is 11.7 Å². The van der Waals surface area contributed by atoms with Crippen molar-refractivity contribution in [2.45, 2.75) is 32.2 Å². The third kappa shape index (κ3) is 3.25. The highest BCUT2D eigenvalue weighted by Gasteiger charge is 2.18. The maximum Gasteiger partial charge on any atom is 0.0233 e. The van der Waals surface area contributed by atoms with Crippen LogP contribution in [0.4, 0.5) is 0 Å². The van der Waals surface area contributed by atoms with E-state index in [0.29, 0.717) is 6.04 Å². The van der Waals surface area contributed by atoms with Crippen LogP contribution in [0.5, 0.6) is 0 Å². The van der Waals surface area contributed by atoms with Crippen LogP contribution in [0, 0.1) is 5.92 Å². The van der Waals surface area contributed by atoms with Gasteiger partial charge in [-0.15, -0.1) is 0 Å². The Labute approximate surface area is 83.0 Å². The normalized spacial score (nSPS) is 35.2. The molecule has 0 bridgehead atoms. The summed E-state index contributed by atoms with van der Waals surface area (Å²) < 4.78 is 2.34. The molecule has 0 radical (unpaired) electrons. The number of rotatable bonds is 1. The summed E-state index contributed by atoms with van der Waals surface area (Å²) in [5.74, 6) is 0.875. The second kappa shape index (κ2) is 4.62. The lowest BCUT2D eigenvalue weighted by molar-refractivity contribution is 0.407. The average Bonchev–Trinajstić information content (AvgIpc) is 2.11. The van der Waals surface area contributed by atoms with E-state index in [9.17, 15) is 0 Å². The second-order valence-electron chi connectivity index (χ2n) is 3.44. The van der Waals surface area contributed by atoms with Gasteiger partial charge in [-0.1, -0.05) is 13.3 Å². The summed E-state index contributed by atoms with van der Waals surface area (Å²) >= 11 is 2.39. The third-order valence-electron chi connectivity index (χ3n) is 2.41. The molecule has 0 unspecified atom stereocenters. The Morgan fingerprint density at radius 3 is 2.82 bits per heavy atom. The number of nitrogens with two attached hydrogens (primary N) is 1. The highest BCUT2D eigenvalue weighted by Crippen LogP contribution is 2.20. The molecular weight excluding hydrogens is 251 g/mol. The molecule has 2 nitrogen and oxygen atoms in total. The Morgan fingerprint density at radius 2 is 2.18 bits per heavy atom. The summed E-state index contributed by atoms with van der Waals surface area (Å²) in [5, 5.41) is 0. The topological polar surface area (TPSA) is 29.3 Å². The highest BCUT2D eigenvalue weighted by molar-refractivity contribution is 14.1. The first-order valence-corrected chi connectivity index (χ1v) is 5.35. The summed E-state index contributed by atoms with van der Waals surface area (Å²) in [6.45, 7) is 4.56. The molecule has 0 aliphatic carbocycles. The molecule has 1 heterocycles. The first-order valence-electron chi connectivity index (χ1n) is 4.38. The van der Waals surface area contributed by atoms with Crippen molar-refractivity contribution in [3.05, 3.63) is 0 Å². The molecule has 66 valence electrons. The standard InChI is InChI=1S/C8H17IN2/c1-2-7-3-4-8(10)6-11(9)5-7/h7-8H,2-6,10H2,1H3/t7-,8+/m0/s1. The van der Waals surface area contributed by atoms with Gasteiger partial charge < -0.3 is 5.73 Å². The quantitative estimate of drug-likeness (QED) is 0.580. The van der Waals surface area contributed by atoms with Crippen molar-refractivity contribution >= 4 is 22.9 Å². The van der Waals surface area contributed by atoms with E-state index in [2.05, 4.69) is 32.9 Å². The van der Waals surface area contributed by atoms with Crippen LogP contribution in [0.25, 0.3) is 0 Å². The van der Waals surface area contributed by atoms with E-state index in [4.69, 9.17) is 5.73 Å². The maximum atomic E-state index is 5.90. The molecule has 1 rings (SSSR count). The van der Waals surface area contributed by atoms with Crippen molar-refractivity contribution in [3.8, 4) is 0 Å². The first kappa shape index (κ1) is 9.74. The van der Waals surface area contributed by atoms with Crippen LogP contribution in [-0.2, 0) is 0 Å². The van der Waals surface area contributed by atoms with Crippen LogP contribution in [0.15, 0.2) is 0 Å². The van der Waals surface area contributed by atoms with Crippen LogP contribution < -0.4 is 5.73 Å². The third-order valence-corrected chi connectivity index (χ3v) is 3.20. The summed E-state index contributed by atoms with van der Waals surface area (Å²) in [4.78, 5) is 0. The first-order chi connectivity index (χ1) is 5.22. The van der Waals surface area contributed by atoms with E-state index in [1.54, 1.807) is 0 Å². The predicted molar refractivity (Wildman–Crippen MR) is 56.6 cm³/mol. The van der Waals surface area contributed by atoms with Crippen LogP contribution in [-0.4, -0.2) is 22.2 Å². The lowest BCUT2D eigenvalue weighted by Gasteiger charge is -2.16. The minimum Gasteiger partial charge on any atom is -0.327 e. The summed E-state index contributed by atoms with van der Waals surface area (Å²) in [6.07, 6.45) is 3.82. The average molecular weight is 268 g/mol. The fourth-order valence-electron chi connectivity index (χ4n) is 1.57. The van der Waals surface area contributed by atoms with E-state index in [1.807, 2.05) is 0 Å². The van der Waals surface area contributed by atoms with Crippen molar-refractivity contribution in [3.63, 3.8) is 0 Å². The lowest BCUT2D eigenvalue weighted by atomic mass is 10.00. The molecule has 1 fully saturated rings. The van der Waals surface area contributed by atoms with Crippen molar-refractivity contribution in [1.29, 1.82) is 0 Å². The van der Waals surface area contributed by atoms with Gasteiger partial charge in [-0.2, -0.15) is 0 Å². The summed E-state index contributed by atoms with van der Waals surface area (Å²) in [6, 6.07) is 0.406. The Bertz CT molecular complexity index is 119. The SMILES string of the molecule is CC[C@H]1CC[C@@H](N)CN(I)C1. The Balaban J connectivity index is 2.39. The number of nitrogens with zero attached hydrogens (tertiary/aromatic N) is 1. The second-order valence-corrected chi connectivity index (χ2v) is 4.80. The van der Waals surface area contributed by atoms with Gasteiger partial charge in [0.05, 0.1) is 0 Å². The molecule has 0 aromatic heterocycles. The zero-order valence-corrected chi connectivity index (χ0v) is 9.25. The Kier molecular flexibility index (Phi) is 4.09. The van der Waals surface area contributed by atoms with Crippen LogP contribution in [0.1, 0.15) is 26.2 Å². The van der Waals surface area contributed by atoms with E-state index in [1.165, 1.54) is 25.8 Å². The number of hydrogen-bond donors (Lipinski definition) is 1. The van der Waals surface area contributed by atoms with E-state index in [-0.39, 0.29) is 0 Å². The molecule has 1 saturated heterocycles. The lowest BCUT2D eigenvalue weighted by Crippen LogP contribution is -2.30. The van der Waals surface area contributed by atoms with Gasteiger partial charge in [-0.05, 0) is 18.8 Å². The van der Waals surface area contributed by atoms with Gasteiger partial charge in [0, 0.05) is 42.0 Å². The van der Waals surface area contributed by atoms with E-state index in [0.717, 1.165) is 12.5 Å². The van der Waals surface area contributed by atoms with Gasteiger partial charge in [0.15, 0.2) is 0 Å². The van der Waals surface area contributed by atoms with Crippen molar-refractivity contribution in [1.82, 2.24) is 3.11 Å².